The maximum absolute atomic E-state index is 13.1. The highest BCUT2D eigenvalue weighted by Gasteiger charge is 2.28. The second-order valence-electron chi connectivity index (χ2n) is 9.28. The second-order valence-corrected chi connectivity index (χ2v) is 9.28. The van der Waals surface area contributed by atoms with Crippen molar-refractivity contribution in [3.63, 3.8) is 0 Å². The molecule has 1 aliphatic rings. The summed E-state index contributed by atoms with van der Waals surface area (Å²) in [5.41, 5.74) is 3.23. The summed E-state index contributed by atoms with van der Waals surface area (Å²) in [5, 5.41) is 3.03. The van der Waals surface area contributed by atoms with E-state index < -0.39 is 0 Å². The molecule has 2 heterocycles. The summed E-state index contributed by atoms with van der Waals surface area (Å²) in [6, 6.07) is 17.3. The normalized spacial score (nSPS) is 14.4. The topological polar surface area (TPSA) is 76.3 Å². The van der Waals surface area contributed by atoms with Crippen molar-refractivity contribution >= 4 is 17.3 Å². The van der Waals surface area contributed by atoms with Crippen LogP contribution in [0.1, 0.15) is 43.9 Å². The van der Waals surface area contributed by atoms with Crippen molar-refractivity contribution < 1.29 is 4.79 Å². The Bertz CT molecular complexity index is 1280. The van der Waals surface area contributed by atoms with Crippen LogP contribution in [0.4, 0.5) is 11.4 Å². The minimum Gasteiger partial charge on any atom is -0.366 e. The molecule has 1 saturated heterocycles. The SMILES string of the molecule is Cc1c(N2CCC(C(=O)Nc3ccc(C(C)C)cc3)CC2)c(=O)n(C)c(=O)n1-c1ccccc1. The van der Waals surface area contributed by atoms with Gasteiger partial charge in [-0.05, 0) is 55.5 Å². The number of hydrogen-bond acceptors (Lipinski definition) is 4. The number of rotatable bonds is 5. The first-order valence-corrected chi connectivity index (χ1v) is 11.8. The molecule has 1 N–H and O–H groups in total. The first-order valence-electron chi connectivity index (χ1n) is 11.8. The summed E-state index contributed by atoms with van der Waals surface area (Å²) in [6.07, 6.45) is 1.28. The number of hydrogen-bond donors (Lipinski definition) is 1. The largest absolute Gasteiger partial charge is 0.366 e. The highest BCUT2D eigenvalue weighted by molar-refractivity contribution is 5.92. The maximum atomic E-state index is 13.1. The van der Waals surface area contributed by atoms with Crippen molar-refractivity contribution in [2.45, 2.75) is 39.5 Å². The molecular formula is C27H32N4O3. The Morgan fingerprint density at radius 1 is 0.971 bits per heavy atom. The van der Waals surface area contributed by atoms with E-state index in [1.165, 1.54) is 12.6 Å². The van der Waals surface area contributed by atoms with Gasteiger partial charge >= 0.3 is 5.69 Å². The predicted molar refractivity (Wildman–Crippen MR) is 136 cm³/mol. The van der Waals surface area contributed by atoms with Crippen LogP contribution in [-0.4, -0.2) is 28.1 Å². The van der Waals surface area contributed by atoms with Gasteiger partial charge < -0.3 is 10.2 Å². The minimum atomic E-state index is -0.366. The van der Waals surface area contributed by atoms with Gasteiger partial charge in [0.2, 0.25) is 5.91 Å². The fourth-order valence-electron chi connectivity index (χ4n) is 4.61. The van der Waals surface area contributed by atoms with Crippen molar-refractivity contribution in [2.75, 3.05) is 23.3 Å². The highest BCUT2D eigenvalue weighted by atomic mass is 16.2. The van der Waals surface area contributed by atoms with E-state index in [1.54, 1.807) is 4.57 Å². The van der Waals surface area contributed by atoms with Crippen LogP contribution in [0.15, 0.2) is 64.2 Å². The molecule has 0 radical (unpaired) electrons. The molecule has 7 nitrogen and oxygen atoms in total. The third-order valence-corrected chi connectivity index (χ3v) is 6.70. The van der Waals surface area contributed by atoms with E-state index in [0.29, 0.717) is 43.2 Å². The summed E-state index contributed by atoms with van der Waals surface area (Å²) in [7, 11) is 1.51. The van der Waals surface area contributed by atoms with Crippen molar-refractivity contribution in [1.29, 1.82) is 0 Å². The molecule has 1 fully saturated rings. The van der Waals surface area contributed by atoms with E-state index in [9.17, 15) is 14.4 Å². The highest BCUT2D eigenvalue weighted by Crippen LogP contribution is 2.25. The summed E-state index contributed by atoms with van der Waals surface area (Å²) in [6.45, 7) is 7.25. The van der Waals surface area contributed by atoms with Gasteiger partial charge in [-0.15, -0.1) is 0 Å². The van der Waals surface area contributed by atoms with Crippen molar-refractivity contribution in [2.24, 2.45) is 13.0 Å². The third kappa shape index (κ3) is 4.55. The van der Waals surface area contributed by atoms with E-state index in [0.717, 1.165) is 15.9 Å². The molecule has 0 aliphatic carbocycles. The molecule has 1 amide bonds. The molecule has 0 saturated carbocycles. The molecule has 7 heteroatoms. The average molecular weight is 461 g/mol. The quantitative estimate of drug-likeness (QED) is 0.628. The van der Waals surface area contributed by atoms with Crippen LogP contribution in [-0.2, 0) is 11.8 Å². The lowest BCUT2D eigenvalue weighted by molar-refractivity contribution is -0.120. The molecule has 34 heavy (non-hydrogen) atoms. The van der Waals surface area contributed by atoms with E-state index in [4.69, 9.17) is 0 Å². The van der Waals surface area contributed by atoms with Gasteiger partial charge in [-0.25, -0.2) is 4.79 Å². The van der Waals surface area contributed by atoms with E-state index >= 15 is 0 Å². The number of amides is 1. The van der Waals surface area contributed by atoms with Crippen LogP contribution >= 0.6 is 0 Å². The van der Waals surface area contributed by atoms with E-state index in [-0.39, 0.29) is 23.1 Å². The molecule has 4 rings (SSSR count). The monoisotopic (exact) mass is 460 g/mol. The van der Waals surface area contributed by atoms with Gasteiger partial charge in [0.1, 0.15) is 5.69 Å². The van der Waals surface area contributed by atoms with Crippen LogP contribution in [0.5, 0.6) is 0 Å². The van der Waals surface area contributed by atoms with Gasteiger partial charge in [0, 0.05) is 31.7 Å². The molecule has 178 valence electrons. The number of benzene rings is 2. The first kappa shape index (κ1) is 23.5. The van der Waals surface area contributed by atoms with Crippen molar-refractivity contribution in [1.82, 2.24) is 9.13 Å². The predicted octanol–water partition coefficient (Wildman–Crippen LogP) is 3.82. The minimum absolute atomic E-state index is 0.0100. The van der Waals surface area contributed by atoms with E-state index in [2.05, 4.69) is 19.2 Å². The zero-order valence-corrected chi connectivity index (χ0v) is 20.2. The molecule has 0 unspecified atom stereocenters. The molecule has 1 aromatic heterocycles. The summed E-state index contributed by atoms with van der Waals surface area (Å²) >= 11 is 0. The Morgan fingerprint density at radius 3 is 2.18 bits per heavy atom. The van der Waals surface area contributed by atoms with Crippen molar-refractivity contribution in [3.05, 3.63) is 86.7 Å². The van der Waals surface area contributed by atoms with Crippen LogP contribution in [0.3, 0.4) is 0 Å². The third-order valence-electron chi connectivity index (χ3n) is 6.70. The van der Waals surface area contributed by atoms with Crippen LogP contribution in [0, 0.1) is 12.8 Å². The van der Waals surface area contributed by atoms with Crippen molar-refractivity contribution in [3.8, 4) is 5.69 Å². The Hall–Kier alpha value is -3.61. The smallest absolute Gasteiger partial charge is 0.335 e. The van der Waals surface area contributed by atoms with Gasteiger partial charge in [0.15, 0.2) is 0 Å². The molecule has 0 bridgehead atoms. The van der Waals surface area contributed by atoms with Crippen LogP contribution < -0.4 is 21.5 Å². The van der Waals surface area contributed by atoms with Gasteiger partial charge in [0.25, 0.3) is 5.56 Å². The number of nitrogens with zero attached hydrogens (tertiary/aromatic N) is 3. The molecule has 0 spiro atoms. The zero-order chi connectivity index (χ0) is 24.4. The molecular weight excluding hydrogens is 428 g/mol. The van der Waals surface area contributed by atoms with E-state index in [1.807, 2.05) is 66.4 Å². The maximum Gasteiger partial charge on any atom is 0.335 e. The van der Waals surface area contributed by atoms with Gasteiger partial charge in [-0.1, -0.05) is 44.2 Å². The van der Waals surface area contributed by atoms with Gasteiger partial charge in [-0.2, -0.15) is 0 Å². The standard InChI is InChI=1S/C27H32N4O3/c1-18(2)20-10-12-22(13-11-20)28-25(32)21-14-16-30(17-15-21)24-19(3)31(23-8-6-5-7-9-23)27(34)29(4)26(24)33/h5-13,18,21H,14-17H2,1-4H3,(H,28,32). The number of para-hydroxylation sites is 1. The zero-order valence-electron chi connectivity index (χ0n) is 20.2. The Morgan fingerprint density at radius 2 is 1.59 bits per heavy atom. The molecule has 1 aliphatic heterocycles. The molecule has 0 atom stereocenters. The lowest BCUT2D eigenvalue weighted by atomic mass is 9.95. The number of aromatic nitrogens is 2. The fourth-order valence-corrected chi connectivity index (χ4v) is 4.61. The number of nitrogens with one attached hydrogen (secondary N) is 1. The molecule has 2 aromatic carbocycles. The first-order chi connectivity index (χ1) is 16.3. The number of carbonyl (C=O) groups excluding carboxylic acids is 1. The fraction of sp³-hybridized carbons (Fsp3) is 0.370. The lowest BCUT2D eigenvalue weighted by Crippen LogP contribution is -2.46. The molecule has 3 aromatic rings. The summed E-state index contributed by atoms with van der Waals surface area (Å²) in [5.74, 6) is 0.336. The number of piperidine rings is 1. The van der Waals surface area contributed by atoms with Gasteiger partial charge in [0.05, 0.1) is 11.4 Å². The van der Waals surface area contributed by atoms with Crippen LogP contribution in [0.2, 0.25) is 0 Å². The van der Waals surface area contributed by atoms with Gasteiger partial charge in [-0.3, -0.25) is 18.7 Å². The summed E-state index contributed by atoms with van der Waals surface area (Å²) in [4.78, 5) is 40.8. The Kier molecular flexibility index (Phi) is 6.72. The second kappa shape index (κ2) is 9.71. The number of carbonyl (C=O) groups is 1. The summed E-state index contributed by atoms with van der Waals surface area (Å²) < 4.78 is 2.74. The number of anilines is 2. The van der Waals surface area contributed by atoms with Crippen LogP contribution in [0.25, 0.3) is 5.69 Å². The average Bonchev–Trinajstić information content (AvgIpc) is 2.84. The lowest BCUT2D eigenvalue weighted by Gasteiger charge is -2.34. The Balaban J connectivity index is 1.51. The Labute approximate surface area is 199 Å².